The topological polar surface area (TPSA) is 15.3 Å². The highest BCUT2D eigenvalue weighted by atomic mass is 35.5. The molecule has 1 heterocycles. The molecule has 1 aliphatic rings. The van der Waals surface area contributed by atoms with Gasteiger partial charge in [-0.25, -0.2) is 0 Å². The average molecular weight is 287 g/mol. The highest BCUT2D eigenvalue weighted by molar-refractivity contribution is 6.42. The molecule has 1 unspecified atom stereocenters. The van der Waals surface area contributed by atoms with Crippen molar-refractivity contribution in [2.75, 3.05) is 20.1 Å². The van der Waals surface area contributed by atoms with E-state index in [-0.39, 0.29) is 6.04 Å². The molecule has 1 saturated heterocycles. The van der Waals surface area contributed by atoms with Gasteiger partial charge in [0, 0.05) is 12.1 Å². The van der Waals surface area contributed by atoms with E-state index in [2.05, 4.69) is 24.2 Å². The van der Waals surface area contributed by atoms with Gasteiger partial charge in [-0.2, -0.15) is 0 Å². The Hall–Kier alpha value is -0.280. The van der Waals surface area contributed by atoms with Crippen molar-refractivity contribution in [3.8, 4) is 0 Å². The molecule has 4 heteroatoms. The number of hydrogen-bond acceptors (Lipinski definition) is 2. The van der Waals surface area contributed by atoms with Crippen LogP contribution in [0.4, 0.5) is 0 Å². The predicted octanol–water partition coefficient (Wildman–Crippen LogP) is 3.74. The van der Waals surface area contributed by atoms with Crippen molar-refractivity contribution in [3.63, 3.8) is 0 Å². The van der Waals surface area contributed by atoms with Crippen LogP contribution in [0, 0.1) is 0 Å². The van der Waals surface area contributed by atoms with E-state index >= 15 is 0 Å². The number of benzene rings is 1. The Morgan fingerprint density at radius 1 is 1.28 bits per heavy atom. The van der Waals surface area contributed by atoms with Gasteiger partial charge in [-0.15, -0.1) is 0 Å². The van der Waals surface area contributed by atoms with Gasteiger partial charge in [0.1, 0.15) is 0 Å². The first-order valence-electron chi connectivity index (χ1n) is 6.46. The van der Waals surface area contributed by atoms with E-state index in [0.717, 1.165) is 18.7 Å². The molecule has 0 radical (unpaired) electrons. The number of rotatable bonds is 3. The molecule has 1 aliphatic heterocycles. The van der Waals surface area contributed by atoms with E-state index in [0.29, 0.717) is 16.1 Å². The largest absolute Gasteiger partial charge is 0.307 e. The van der Waals surface area contributed by atoms with Gasteiger partial charge in [-0.1, -0.05) is 35.3 Å². The van der Waals surface area contributed by atoms with Gasteiger partial charge in [-0.05, 0) is 51.5 Å². The van der Waals surface area contributed by atoms with Gasteiger partial charge in [0.25, 0.3) is 0 Å². The number of likely N-dealkylation sites (tertiary alicyclic amines) is 1. The smallest absolute Gasteiger partial charge is 0.0639 e. The van der Waals surface area contributed by atoms with Crippen LogP contribution in [-0.4, -0.2) is 31.1 Å². The first-order valence-corrected chi connectivity index (χ1v) is 7.22. The molecule has 100 valence electrons. The van der Waals surface area contributed by atoms with E-state index in [4.69, 9.17) is 23.2 Å². The summed E-state index contributed by atoms with van der Waals surface area (Å²) in [5, 5.41) is 4.96. The Bertz CT molecular complexity index is 401. The minimum atomic E-state index is 0.240. The normalized spacial score (nSPS) is 20.0. The predicted molar refractivity (Wildman–Crippen MR) is 78.5 cm³/mol. The molecule has 2 nitrogen and oxygen atoms in total. The fourth-order valence-electron chi connectivity index (χ4n) is 2.47. The van der Waals surface area contributed by atoms with E-state index < -0.39 is 0 Å². The van der Waals surface area contributed by atoms with Crippen molar-refractivity contribution < 1.29 is 0 Å². The molecule has 0 bridgehead atoms. The monoisotopic (exact) mass is 286 g/mol. The second-order valence-electron chi connectivity index (χ2n) is 5.11. The van der Waals surface area contributed by atoms with Crippen molar-refractivity contribution in [1.82, 2.24) is 10.2 Å². The van der Waals surface area contributed by atoms with Crippen LogP contribution in [0.15, 0.2) is 18.2 Å². The summed E-state index contributed by atoms with van der Waals surface area (Å²) in [5.74, 6) is 0. The summed E-state index contributed by atoms with van der Waals surface area (Å²) in [4.78, 5) is 2.37. The Morgan fingerprint density at radius 2 is 1.94 bits per heavy atom. The van der Waals surface area contributed by atoms with E-state index in [9.17, 15) is 0 Å². The van der Waals surface area contributed by atoms with Crippen LogP contribution in [0.25, 0.3) is 0 Å². The third kappa shape index (κ3) is 3.39. The fourth-order valence-corrected chi connectivity index (χ4v) is 2.94. The molecule has 0 aliphatic carbocycles. The number of piperidine rings is 1. The SMILES string of the molecule is CC(NC1CCN(C)CC1)c1cccc(Cl)c1Cl. The number of nitrogens with zero attached hydrogens (tertiary/aromatic N) is 1. The summed E-state index contributed by atoms with van der Waals surface area (Å²) in [6, 6.07) is 6.64. The standard InChI is InChI=1S/C14H20Cl2N2/c1-10(12-4-3-5-13(15)14(12)16)17-11-6-8-18(2)9-7-11/h3-5,10-11,17H,6-9H2,1-2H3. The summed E-state index contributed by atoms with van der Waals surface area (Å²) in [6.07, 6.45) is 2.39. The zero-order valence-electron chi connectivity index (χ0n) is 10.9. The van der Waals surface area contributed by atoms with Gasteiger partial charge in [0.2, 0.25) is 0 Å². The molecule has 0 saturated carbocycles. The summed E-state index contributed by atoms with van der Waals surface area (Å²) in [6.45, 7) is 4.47. The molecule has 1 fully saturated rings. The van der Waals surface area contributed by atoms with Gasteiger partial charge in [-0.3, -0.25) is 0 Å². The highest BCUT2D eigenvalue weighted by Gasteiger charge is 2.20. The maximum absolute atomic E-state index is 6.25. The summed E-state index contributed by atoms with van der Waals surface area (Å²) < 4.78 is 0. The molecular weight excluding hydrogens is 267 g/mol. The number of hydrogen-bond donors (Lipinski definition) is 1. The number of halogens is 2. The number of nitrogens with one attached hydrogen (secondary N) is 1. The van der Waals surface area contributed by atoms with Crippen molar-refractivity contribution in [2.24, 2.45) is 0 Å². The lowest BCUT2D eigenvalue weighted by molar-refractivity contribution is 0.226. The maximum atomic E-state index is 6.25. The maximum Gasteiger partial charge on any atom is 0.0639 e. The first kappa shape index (κ1) is 14.1. The Kier molecular flexibility index (Phi) is 4.91. The molecule has 0 spiro atoms. The second-order valence-corrected chi connectivity index (χ2v) is 5.89. The van der Waals surface area contributed by atoms with Crippen LogP contribution in [0.3, 0.4) is 0 Å². The molecule has 2 rings (SSSR count). The van der Waals surface area contributed by atoms with Gasteiger partial charge in [0.15, 0.2) is 0 Å². The lowest BCUT2D eigenvalue weighted by Gasteiger charge is -2.32. The van der Waals surface area contributed by atoms with Crippen LogP contribution in [0.1, 0.15) is 31.4 Å². The molecule has 1 aromatic rings. The summed E-state index contributed by atoms with van der Waals surface area (Å²) in [5.41, 5.74) is 1.09. The first-order chi connectivity index (χ1) is 8.58. The molecule has 18 heavy (non-hydrogen) atoms. The average Bonchev–Trinajstić information content (AvgIpc) is 2.35. The van der Waals surface area contributed by atoms with E-state index in [1.165, 1.54) is 12.8 Å². The quantitative estimate of drug-likeness (QED) is 0.911. The van der Waals surface area contributed by atoms with Crippen molar-refractivity contribution in [1.29, 1.82) is 0 Å². The third-order valence-electron chi connectivity index (χ3n) is 3.65. The van der Waals surface area contributed by atoms with Crippen LogP contribution < -0.4 is 5.32 Å². The summed E-state index contributed by atoms with van der Waals surface area (Å²) >= 11 is 12.3. The van der Waals surface area contributed by atoms with Crippen LogP contribution in [0.2, 0.25) is 10.0 Å². The lowest BCUT2D eigenvalue weighted by Crippen LogP contribution is -2.41. The molecule has 1 aromatic carbocycles. The zero-order valence-corrected chi connectivity index (χ0v) is 12.4. The van der Waals surface area contributed by atoms with Crippen molar-refractivity contribution in [2.45, 2.75) is 31.8 Å². The van der Waals surface area contributed by atoms with Crippen LogP contribution >= 0.6 is 23.2 Å². The molecule has 1 N–H and O–H groups in total. The van der Waals surface area contributed by atoms with Gasteiger partial charge >= 0.3 is 0 Å². The van der Waals surface area contributed by atoms with E-state index in [1.54, 1.807) is 0 Å². The Balaban J connectivity index is 1.99. The second kappa shape index (κ2) is 6.25. The molecule has 1 atom stereocenters. The fraction of sp³-hybridized carbons (Fsp3) is 0.571. The van der Waals surface area contributed by atoms with Crippen LogP contribution in [-0.2, 0) is 0 Å². The molecule has 0 amide bonds. The Morgan fingerprint density at radius 3 is 2.61 bits per heavy atom. The van der Waals surface area contributed by atoms with E-state index in [1.807, 2.05) is 18.2 Å². The molecular formula is C14H20Cl2N2. The third-order valence-corrected chi connectivity index (χ3v) is 4.49. The highest BCUT2D eigenvalue weighted by Crippen LogP contribution is 2.30. The minimum absolute atomic E-state index is 0.240. The van der Waals surface area contributed by atoms with Crippen LogP contribution in [0.5, 0.6) is 0 Å². The minimum Gasteiger partial charge on any atom is -0.307 e. The molecule has 0 aromatic heterocycles. The van der Waals surface area contributed by atoms with Gasteiger partial charge in [0.05, 0.1) is 10.0 Å². The van der Waals surface area contributed by atoms with Crippen molar-refractivity contribution in [3.05, 3.63) is 33.8 Å². The van der Waals surface area contributed by atoms with Crippen molar-refractivity contribution >= 4 is 23.2 Å². The lowest BCUT2D eigenvalue weighted by atomic mass is 10.0. The zero-order chi connectivity index (χ0) is 13.1. The summed E-state index contributed by atoms with van der Waals surface area (Å²) in [7, 11) is 2.17. The van der Waals surface area contributed by atoms with Gasteiger partial charge < -0.3 is 10.2 Å². The Labute approximate surface area is 119 Å².